The predicted octanol–water partition coefficient (Wildman–Crippen LogP) is -0.0160. The van der Waals surface area contributed by atoms with Crippen molar-refractivity contribution in [1.29, 1.82) is 0 Å². The van der Waals surface area contributed by atoms with Crippen molar-refractivity contribution in [1.82, 2.24) is 5.32 Å². The topological polar surface area (TPSA) is 60.0 Å². The third kappa shape index (κ3) is 11.7. The van der Waals surface area contributed by atoms with Crippen molar-refractivity contribution in [3.63, 3.8) is 0 Å². The molecule has 0 amide bonds. The highest BCUT2D eigenvalue weighted by Crippen LogP contribution is 1.84. The summed E-state index contributed by atoms with van der Waals surface area (Å²) in [5.74, 6) is 0. The van der Waals surface area contributed by atoms with Gasteiger partial charge in [0, 0.05) is 20.3 Å². The number of ether oxygens (including phenoxy) is 3. The summed E-state index contributed by atoms with van der Waals surface area (Å²) in [6.45, 7) is 5.40. The first kappa shape index (κ1) is 14.8. The molecule has 1 unspecified atom stereocenters. The molecule has 15 heavy (non-hydrogen) atoms. The Morgan fingerprint density at radius 3 is 2.53 bits per heavy atom. The summed E-state index contributed by atoms with van der Waals surface area (Å²) >= 11 is 0. The van der Waals surface area contributed by atoms with Crippen molar-refractivity contribution < 1.29 is 19.3 Å². The molecule has 0 saturated heterocycles. The van der Waals surface area contributed by atoms with E-state index in [0.29, 0.717) is 26.4 Å². The highest BCUT2D eigenvalue weighted by atomic mass is 16.5. The summed E-state index contributed by atoms with van der Waals surface area (Å²) in [6.07, 6.45) is 0.382. The van der Waals surface area contributed by atoms with Crippen LogP contribution in [-0.2, 0) is 14.2 Å². The predicted molar refractivity (Wildman–Crippen MR) is 57.8 cm³/mol. The molecule has 0 spiro atoms. The number of hydrogen-bond donors (Lipinski definition) is 2. The minimum Gasteiger partial charge on any atom is -0.383 e. The van der Waals surface area contributed by atoms with E-state index in [1.165, 1.54) is 0 Å². The van der Waals surface area contributed by atoms with Gasteiger partial charge in [0.15, 0.2) is 0 Å². The minimum atomic E-state index is -0.633. The molecule has 0 rings (SSSR count). The molecule has 0 aromatic rings. The van der Waals surface area contributed by atoms with Crippen LogP contribution in [0.2, 0.25) is 0 Å². The van der Waals surface area contributed by atoms with E-state index < -0.39 is 6.23 Å². The van der Waals surface area contributed by atoms with Crippen molar-refractivity contribution in [2.75, 3.05) is 46.7 Å². The Bertz CT molecular complexity index is 124. The SMILES string of the molecule is CCCOCCOCC(O)NCCOC. The molecule has 1 atom stereocenters. The van der Waals surface area contributed by atoms with Gasteiger partial charge in [-0.05, 0) is 6.42 Å². The third-order valence-corrected chi connectivity index (χ3v) is 1.68. The third-order valence-electron chi connectivity index (χ3n) is 1.68. The average Bonchev–Trinajstić information content (AvgIpc) is 2.23. The Morgan fingerprint density at radius 2 is 1.87 bits per heavy atom. The van der Waals surface area contributed by atoms with Gasteiger partial charge in [0.1, 0.15) is 6.23 Å². The molecule has 0 bridgehead atoms. The first-order chi connectivity index (χ1) is 7.31. The maximum Gasteiger partial charge on any atom is 0.128 e. The summed E-state index contributed by atoms with van der Waals surface area (Å²) in [5, 5.41) is 12.2. The molecule has 0 radical (unpaired) electrons. The van der Waals surface area contributed by atoms with Gasteiger partial charge in [-0.3, -0.25) is 5.32 Å². The van der Waals surface area contributed by atoms with E-state index in [1.807, 2.05) is 0 Å². The Labute approximate surface area is 91.7 Å². The van der Waals surface area contributed by atoms with E-state index in [-0.39, 0.29) is 6.61 Å². The standard InChI is InChI=1S/C10H23NO4/c1-3-5-14-7-8-15-9-10(12)11-4-6-13-2/h10-12H,3-9H2,1-2H3. The zero-order valence-corrected chi connectivity index (χ0v) is 9.70. The second-order valence-electron chi connectivity index (χ2n) is 3.15. The molecule has 0 aliphatic carbocycles. The van der Waals surface area contributed by atoms with Gasteiger partial charge in [0.2, 0.25) is 0 Å². The average molecular weight is 221 g/mol. The first-order valence-electron chi connectivity index (χ1n) is 5.37. The van der Waals surface area contributed by atoms with Crippen molar-refractivity contribution in [3.8, 4) is 0 Å². The highest BCUT2D eigenvalue weighted by molar-refractivity contribution is 4.50. The smallest absolute Gasteiger partial charge is 0.128 e. The van der Waals surface area contributed by atoms with Crippen LogP contribution >= 0.6 is 0 Å². The number of methoxy groups -OCH3 is 1. The van der Waals surface area contributed by atoms with Gasteiger partial charge in [-0.15, -0.1) is 0 Å². The van der Waals surface area contributed by atoms with Crippen LogP contribution in [-0.4, -0.2) is 58.0 Å². The number of aliphatic hydroxyl groups excluding tert-OH is 1. The molecule has 0 aromatic heterocycles. The lowest BCUT2D eigenvalue weighted by Crippen LogP contribution is -2.35. The van der Waals surface area contributed by atoms with Crippen LogP contribution in [0, 0.1) is 0 Å². The maximum atomic E-state index is 9.35. The van der Waals surface area contributed by atoms with E-state index >= 15 is 0 Å². The molecule has 5 heteroatoms. The fraction of sp³-hybridized carbons (Fsp3) is 1.00. The molecule has 0 heterocycles. The van der Waals surface area contributed by atoms with Crippen molar-refractivity contribution >= 4 is 0 Å². The maximum absolute atomic E-state index is 9.35. The van der Waals surface area contributed by atoms with Crippen LogP contribution in [0.25, 0.3) is 0 Å². The van der Waals surface area contributed by atoms with E-state index in [9.17, 15) is 5.11 Å². The molecular weight excluding hydrogens is 198 g/mol. The van der Waals surface area contributed by atoms with Crippen LogP contribution in [0.15, 0.2) is 0 Å². The van der Waals surface area contributed by atoms with E-state index in [1.54, 1.807) is 7.11 Å². The number of hydrogen-bond acceptors (Lipinski definition) is 5. The number of rotatable bonds is 11. The summed E-state index contributed by atoms with van der Waals surface area (Å²) in [4.78, 5) is 0. The lowest BCUT2D eigenvalue weighted by Gasteiger charge is -2.12. The monoisotopic (exact) mass is 221 g/mol. The fourth-order valence-corrected chi connectivity index (χ4v) is 0.946. The van der Waals surface area contributed by atoms with E-state index in [0.717, 1.165) is 13.0 Å². The minimum absolute atomic E-state index is 0.277. The van der Waals surface area contributed by atoms with Crippen LogP contribution in [0.5, 0.6) is 0 Å². The molecule has 0 aromatic carbocycles. The molecule has 0 aliphatic rings. The summed E-state index contributed by atoms with van der Waals surface area (Å²) in [6, 6.07) is 0. The van der Waals surface area contributed by atoms with Crippen LogP contribution < -0.4 is 5.32 Å². The van der Waals surface area contributed by atoms with Gasteiger partial charge >= 0.3 is 0 Å². The largest absolute Gasteiger partial charge is 0.383 e. The molecule has 0 fully saturated rings. The second-order valence-corrected chi connectivity index (χ2v) is 3.15. The molecular formula is C10H23NO4. The molecule has 5 nitrogen and oxygen atoms in total. The summed E-state index contributed by atoms with van der Waals surface area (Å²) < 4.78 is 15.2. The number of nitrogens with one attached hydrogen (secondary N) is 1. The lowest BCUT2D eigenvalue weighted by molar-refractivity contribution is -0.00906. The fourth-order valence-electron chi connectivity index (χ4n) is 0.946. The van der Waals surface area contributed by atoms with Gasteiger partial charge in [-0.2, -0.15) is 0 Å². The van der Waals surface area contributed by atoms with Crippen molar-refractivity contribution in [3.05, 3.63) is 0 Å². The van der Waals surface area contributed by atoms with Gasteiger partial charge < -0.3 is 19.3 Å². The normalized spacial score (nSPS) is 13.0. The molecule has 92 valence electrons. The Balaban J connectivity index is 3.06. The van der Waals surface area contributed by atoms with Crippen molar-refractivity contribution in [2.24, 2.45) is 0 Å². The summed E-state index contributed by atoms with van der Waals surface area (Å²) in [7, 11) is 1.62. The highest BCUT2D eigenvalue weighted by Gasteiger charge is 2.01. The Hall–Kier alpha value is -0.200. The second kappa shape index (κ2) is 11.9. The van der Waals surface area contributed by atoms with Crippen molar-refractivity contribution in [2.45, 2.75) is 19.6 Å². The Kier molecular flexibility index (Phi) is 11.7. The number of aliphatic hydroxyl groups is 1. The Morgan fingerprint density at radius 1 is 1.13 bits per heavy atom. The zero-order chi connectivity index (χ0) is 11.4. The molecule has 0 aliphatic heterocycles. The first-order valence-corrected chi connectivity index (χ1v) is 5.37. The summed E-state index contributed by atoms with van der Waals surface area (Å²) in [5.41, 5.74) is 0. The van der Waals surface area contributed by atoms with E-state index in [2.05, 4.69) is 12.2 Å². The van der Waals surface area contributed by atoms with Gasteiger partial charge in [-0.1, -0.05) is 6.92 Å². The van der Waals surface area contributed by atoms with E-state index in [4.69, 9.17) is 14.2 Å². The van der Waals surface area contributed by atoms with Gasteiger partial charge in [0.25, 0.3) is 0 Å². The van der Waals surface area contributed by atoms with Crippen LogP contribution in [0.1, 0.15) is 13.3 Å². The van der Waals surface area contributed by atoms with Crippen LogP contribution in [0.4, 0.5) is 0 Å². The van der Waals surface area contributed by atoms with Gasteiger partial charge in [0.05, 0.1) is 26.4 Å². The quantitative estimate of drug-likeness (QED) is 0.379. The zero-order valence-electron chi connectivity index (χ0n) is 9.70. The van der Waals surface area contributed by atoms with Gasteiger partial charge in [-0.25, -0.2) is 0 Å². The molecule has 0 saturated carbocycles. The van der Waals surface area contributed by atoms with Crippen LogP contribution in [0.3, 0.4) is 0 Å². The lowest BCUT2D eigenvalue weighted by atomic mass is 10.5. The molecule has 2 N–H and O–H groups in total.